The summed E-state index contributed by atoms with van der Waals surface area (Å²) in [4.78, 5) is 15.1. The number of nitrogens with zero attached hydrogens (tertiary/aromatic N) is 1. The van der Waals surface area contributed by atoms with E-state index in [9.17, 15) is 4.79 Å². The average molecular weight is 351 g/mol. The minimum Gasteiger partial charge on any atom is -0.444 e. The van der Waals surface area contributed by atoms with Gasteiger partial charge in [-0.2, -0.15) is 0 Å². The van der Waals surface area contributed by atoms with Gasteiger partial charge >= 0.3 is 6.09 Å². The molecule has 0 spiro atoms. The highest BCUT2D eigenvalue weighted by molar-refractivity contribution is 5.71. The van der Waals surface area contributed by atoms with E-state index >= 15 is 0 Å². The standard InChI is InChI=1S/C23H29NO2/c1-18-15-16-24(21(25)26-22(2,3)4)23(17-18,19-11-7-5-8-12-19)20-13-9-6-10-14-20/h5-14,18H,15-17H2,1-4H3. The van der Waals surface area contributed by atoms with Crippen molar-refractivity contribution in [3.8, 4) is 0 Å². The Hall–Kier alpha value is -2.29. The van der Waals surface area contributed by atoms with E-state index in [4.69, 9.17) is 4.74 Å². The molecule has 0 aliphatic carbocycles. The molecule has 0 saturated carbocycles. The summed E-state index contributed by atoms with van der Waals surface area (Å²) in [6.07, 6.45) is 1.64. The maximum Gasteiger partial charge on any atom is 0.411 e. The van der Waals surface area contributed by atoms with Gasteiger partial charge in [0.25, 0.3) is 0 Å². The number of hydrogen-bond acceptors (Lipinski definition) is 2. The van der Waals surface area contributed by atoms with Crippen LogP contribution in [0.1, 0.15) is 51.7 Å². The highest BCUT2D eigenvalue weighted by Gasteiger charge is 2.47. The second kappa shape index (κ2) is 7.14. The second-order valence-electron chi connectivity index (χ2n) is 8.32. The molecule has 2 aromatic carbocycles. The number of carbonyl (C=O) groups excluding carboxylic acids is 1. The average Bonchev–Trinajstić information content (AvgIpc) is 2.61. The topological polar surface area (TPSA) is 29.5 Å². The molecule has 1 saturated heterocycles. The van der Waals surface area contributed by atoms with Crippen LogP contribution >= 0.6 is 0 Å². The van der Waals surface area contributed by atoms with Gasteiger partial charge in [0.2, 0.25) is 0 Å². The van der Waals surface area contributed by atoms with Crippen LogP contribution in [0.4, 0.5) is 4.79 Å². The molecule has 3 heteroatoms. The van der Waals surface area contributed by atoms with Gasteiger partial charge in [-0.15, -0.1) is 0 Å². The zero-order chi connectivity index (χ0) is 18.8. The molecule has 0 radical (unpaired) electrons. The Morgan fingerprint density at radius 2 is 1.50 bits per heavy atom. The highest BCUT2D eigenvalue weighted by atomic mass is 16.6. The number of carbonyl (C=O) groups is 1. The maximum atomic E-state index is 13.2. The van der Waals surface area contributed by atoms with Crippen molar-refractivity contribution in [2.24, 2.45) is 5.92 Å². The van der Waals surface area contributed by atoms with E-state index in [2.05, 4.69) is 31.2 Å². The fraction of sp³-hybridized carbons (Fsp3) is 0.435. The molecule has 1 amide bonds. The van der Waals surface area contributed by atoms with E-state index in [1.807, 2.05) is 62.1 Å². The highest BCUT2D eigenvalue weighted by Crippen LogP contribution is 2.45. The van der Waals surface area contributed by atoms with E-state index in [0.29, 0.717) is 12.5 Å². The van der Waals surface area contributed by atoms with Crippen LogP contribution in [0.15, 0.2) is 60.7 Å². The lowest BCUT2D eigenvalue weighted by atomic mass is 9.72. The summed E-state index contributed by atoms with van der Waals surface area (Å²) in [6, 6.07) is 20.7. The molecule has 138 valence electrons. The number of piperidine rings is 1. The predicted molar refractivity (Wildman–Crippen MR) is 105 cm³/mol. The third-order valence-electron chi connectivity index (χ3n) is 5.07. The van der Waals surface area contributed by atoms with Crippen molar-refractivity contribution < 1.29 is 9.53 Å². The molecule has 1 atom stereocenters. The summed E-state index contributed by atoms with van der Waals surface area (Å²) in [5.74, 6) is 0.522. The molecule has 3 nitrogen and oxygen atoms in total. The molecule has 2 aromatic rings. The molecule has 1 fully saturated rings. The van der Waals surface area contributed by atoms with Gasteiger partial charge in [0.05, 0.1) is 5.54 Å². The lowest BCUT2D eigenvalue weighted by Gasteiger charge is -2.50. The minimum atomic E-state index is -0.515. The molecule has 1 aliphatic heterocycles. The number of benzene rings is 2. The van der Waals surface area contributed by atoms with Crippen LogP contribution in [0.5, 0.6) is 0 Å². The number of likely N-dealkylation sites (tertiary alicyclic amines) is 1. The van der Waals surface area contributed by atoms with Crippen LogP contribution in [0.3, 0.4) is 0 Å². The number of amides is 1. The summed E-state index contributed by atoms with van der Waals surface area (Å²) >= 11 is 0. The quantitative estimate of drug-likeness (QED) is 0.705. The van der Waals surface area contributed by atoms with Gasteiger partial charge in [-0.3, -0.25) is 4.90 Å². The SMILES string of the molecule is CC1CCN(C(=O)OC(C)(C)C)C(c2ccccc2)(c2ccccc2)C1. The number of rotatable bonds is 2. The Labute approximate surface area is 157 Å². The fourth-order valence-electron chi connectivity index (χ4n) is 3.96. The van der Waals surface area contributed by atoms with E-state index in [0.717, 1.165) is 24.0 Å². The minimum absolute atomic E-state index is 0.239. The Kier molecular flexibility index (Phi) is 5.08. The Morgan fingerprint density at radius 1 is 1.00 bits per heavy atom. The van der Waals surface area contributed by atoms with Gasteiger partial charge in [0.1, 0.15) is 5.60 Å². The smallest absolute Gasteiger partial charge is 0.411 e. The van der Waals surface area contributed by atoms with Crippen molar-refractivity contribution >= 4 is 6.09 Å². The van der Waals surface area contributed by atoms with Crippen molar-refractivity contribution in [1.29, 1.82) is 0 Å². The van der Waals surface area contributed by atoms with Crippen molar-refractivity contribution in [3.05, 3.63) is 71.8 Å². The molecule has 1 heterocycles. The van der Waals surface area contributed by atoms with Crippen LogP contribution in [-0.4, -0.2) is 23.1 Å². The Balaban J connectivity index is 2.16. The first-order valence-corrected chi connectivity index (χ1v) is 9.44. The van der Waals surface area contributed by atoms with Gasteiger partial charge in [0, 0.05) is 6.54 Å². The van der Waals surface area contributed by atoms with Crippen LogP contribution in [0.2, 0.25) is 0 Å². The molecule has 1 unspecified atom stereocenters. The summed E-state index contributed by atoms with van der Waals surface area (Å²) < 4.78 is 5.80. The van der Waals surface area contributed by atoms with Crippen molar-refractivity contribution in [3.63, 3.8) is 0 Å². The molecule has 26 heavy (non-hydrogen) atoms. The summed E-state index contributed by atoms with van der Waals surface area (Å²) in [6.45, 7) is 8.73. The van der Waals surface area contributed by atoms with Crippen LogP contribution in [0, 0.1) is 5.92 Å². The van der Waals surface area contributed by atoms with Gasteiger partial charge < -0.3 is 4.74 Å². The molecule has 0 bridgehead atoms. The lowest BCUT2D eigenvalue weighted by molar-refractivity contribution is -0.0139. The van der Waals surface area contributed by atoms with E-state index in [1.54, 1.807) is 0 Å². The summed E-state index contributed by atoms with van der Waals surface area (Å²) in [5, 5.41) is 0. The monoisotopic (exact) mass is 351 g/mol. The lowest BCUT2D eigenvalue weighted by Crippen LogP contribution is -2.55. The first kappa shape index (κ1) is 18.5. The van der Waals surface area contributed by atoms with Gasteiger partial charge in [-0.1, -0.05) is 67.6 Å². The molecule has 0 aromatic heterocycles. The van der Waals surface area contributed by atoms with Crippen LogP contribution < -0.4 is 0 Å². The third-order valence-corrected chi connectivity index (χ3v) is 5.07. The van der Waals surface area contributed by atoms with Crippen molar-refractivity contribution in [1.82, 2.24) is 4.90 Å². The van der Waals surface area contributed by atoms with Crippen molar-refractivity contribution in [2.75, 3.05) is 6.54 Å². The van der Waals surface area contributed by atoms with E-state index in [1.165, 1.54) is 0 Å². The summed E-state index contributed by atoms with van der Waals surface area (Å²) in [7, 11) is 0. The second-order valence-corrected chi connectivity index (χ2v) is 8.32. The zero-order valence-corrected chi connectivity index (χ0v) is 16.2. The Morgan fingerprint density at radius 3 is 1.96 bits per heavy atom. The fourth-order valence-corrected chi connectivity index (χ4v) is 3.96. The molecular weight excluding hydrogens is 322 g/mol. The predicted octanol–water partition coefficient (Wildman–Crippen LogP) is 5.60. The normalized spacial score (nSPS) is 19.8. The molecular formula is C23H29NO2. The van der Waals surface area contributed by atoms with E-state index < -0.39 is 11.1 Å². The zero-order valence-electron chi connectivity index (χ0n) is 16.2. The van der Waals surface area contributed by atoms with Crippen LogP contribution in [0.25, 0.3) is 0 Å². The van der Waals surface area contributed by atoms with Gasteiger partial charge in [-0.25, -0.2) is 4.79 Å². The van der Waals surface area contributed by atoms with E-state index in [-0.39, 0.29) is 6.09 Å². The van der Waals surface area contributed by atoms with Crippen molar-refractivity contribution in [2.45, 2.75) is 51.7 Å². The first-order chi connectivity index (χ1) is 12.3. The first-order valence-electron chi connectivity index (χ1n) is 9.44. The molecule has 3 rings (SSSR count). The number of hydrogen-bond donors (Lipinski definition) is 0. The van der Waals surface area contributed by atoms with Gasteiger partial charge in [-0.05, 0) is 50.7 Å². The Bertz CT molecular complexity index is 694. The largest absolute Gasteiger partial charge is 0.444 e. The maximum absolute atomic E-state index is 13.2. The number of ether oxygens (including phenoxy) is 1. The molecule has 0 N–H and O–H groups in total. The molecule has 1 aliphatic rings. The van der Waals surface area contributed by atoms with Gasteiger partial charge in [0.15, 0.2) is 0 Å². The summed E-state index contributed by atoms with van der Waals surface area (Å²) in [5.41, 5.74) is 1.27. The van der Waals surface area contributed by atoms with Crippen LogP contribution in [-0.2, 0) is 10.3 Å². The third kappa shape index (κ3) is 3.62.